The zero-order valence-corrected chi connectivity index (χ0v) is 15.2. The van der Waals surface area contributed by atoms with Gasteiger partial charge in [0.05, 0.1) is 25.4 Å². The molecule has 3 aromatic rings. The van der Waals surface area contributed by atoms with Crippen molar-refractivity contribution < 1.29 is 9.53 Å². The van der Waals surface area contributed by atoms with Gasteiger partial charge in [-0.3, -0.25) is 9.48 Å². The molecule has 2 aliphatic heterocycles. The summed E-state index contributed by atoms with van der Waals surface area (Å²) in [5, 5.41) is 4.28. The molecule has 0 N–H and O–H groups in total. The summed E-state index contributed by atoms with van der Waals surface area (Å²) in [6.45, 7) is 3.38. The number of amides is 1. The molecule has 1 saturated heterocycles. The number of rotatable bonds is 2. The van der Waals surface area contributed by atoms with Gasteiger partial charge in [-0.15, -0.1) is 0 Å². The number of benzene rings is 1. The first-order valence-electron chi connectivity index (χ1n) is 8.91. The van der Waals surface area contributed by atoms with Crippen molar-refractivity contribution >= 4 is 5.91 Å². The Morgan fingerprint density at radius 2 is 2.00 bits per heavy atom. The summed E-state index contributed by atoms with van der Waals surface area (Å²) in [5.41, 5.74) is 3.83. The fraction of sp³-hybridized carbons (Fsp3) is 0.300. The number of likely N-dealkylation sites (tertiary alicyclic amines) is 1. The Morgan fingerprint density at radius 1 is 1.22 bits per heavy atom. The molecule has 1 fully saturated rings. The maximum absolute atomic E-state index is 12.6. The molecule has 27 heavy (non-hydrogen) atoms. The molecule has 0 unspecified atom stereocenters. The summed E-state index contributed by atoms with van der Waals surface area (Å²) in [6.07, 6.45) is 1.85. The van der Waals surface area contributed by atoms with Crippen molar-refractivity contribution in [3.8, 4) is 11.4 Å². The molecular formula is C20H19N5O2. The predicted octanol–water partition coefficient (Wildman–Crippen LogP) is 2.07. The molecule has 1 spiro atoms. The second-order valence-corrected chi connectivity index (χ2v) is 7.16. The molecule has 0 atom stereocenters. The molecule has 0 bridgehead atoms. The summed E-state index contributed by atoms with van der Waals surface area (Å²) < 4.78 is 7.77. The summed E-state index contributed by atoms with van der Waals surface area (Å²) in [7, 11) is 1.84. The zero-order chi connectivity index (χ0) is 18.6. The minimum absolute atomic E-state index is 0.0665. The number of nitrogens with zero attached hydrogens (tertiary/aromatic N) is 5. The summed E-state index contributed by atoms with van der Waals surface area (Å²) in [4.78, 5) is 23.6. The van der Waals surface area contributed by atoms with Crippen molar-refractivity contribution in [1.29, 1.82) is 0 Å². The van der Waals surface area contributed by atoms with Crippen LogP contribution < -0.4 is 0 Å². The number of ether oxygens (including phenoxy) is 1. The van der Waals surface area contributed by atoms with E-state index in [1.807, 2.05) is 56.6 Å². The van der Waals surface area contributed by atoms with Crippen molar-refractivity contribution in [1.82, 2.24) is 24.6 Å². The van der Waals surface area contributed by atoms with Crippen LogP contribution in [0.15, 0.2) is 42.6 Å². The van der Waals surface area contributed by atoms with E-state index in [1.165, 1.54) is 0 Å². The lowest BCUT2D eigenvalue weighted by atomic mass is 9.87. The molecule has 7 heteroatoms. The molecule has 0 aliphatic carbocycles. The first kappa shape index (κ1) is 16.1. The van der Waals surface area contributed by atoms with Crippen LogP contribution >= 0.6 is 0 Å². The first-order valence-corrected chi connectivity index (χ1v) is 8.91. The topological polar surface area (TPSA) is 73.1 Å². The SMILES string of the molecule is Cc1cc(C(=O)N2CC3(C2)OCc2nc(-c4ccccc4)ncc23)nn1C. The highest BCUT2D eigenvalue weighted by atomic mass is 16.5. The maximum Gasteiger partial charge on any atom is 0.274 e. The van der Waals surface area contributed by atoms with Crippen LogP contribution in [-0.4, -0.2) is 43.6 Å². The second-order valence-electron chi connectivity index (χ2n) is 7.16. The van der Waals surface area contributed by atoms with Gasteiger partial charge in [-0.2, -0.15) is 5.10 Å². The Labute approximate surface area is 156 Å². The Morgan fingerprint density at radius 3 is 2.70 bits per heavy atom. The van der Waals surface area contributed by atoms with Gasteiger partial charge in [0.15, 0.2) is 11.5 Å². The quantitative estimate of drug-likeness (QED) is 0.699. The van der Waals surface area contributed by atoms with Gasteiger partial charge >= 0.3 is 0 Å². The van der Waals surface area contributed by atoms with Crippen LogP contribution in [0.1, 0.15) is 27.4 Å². The molecule has 136 valence electrons. The number of aryl methyl sites for hydroxylation is 2. The highest BCUT2D eigenvalue weighted by Crippen LogP contribution is 2.43. The minimum Gasteiger partial charge on any atom is -0.360 e. The summed E-state index contributed by atoms with van der Waals surface area (Å²) in [5.74, 6) is 0.634. The van der Waals surface area contributed by atoms with Gasteiger partial charge in [-0.25, -0.2) is 9.97 Å². The Hall–Kier alpha value is -3.06. The van der Waals surface area contributed by atoms with Crippen LogP contribution in [0.25, 0.3) is 11.4 Å². The average molecular weight is 361 g/mol. The lowest BCUT2D eigenvalue weighted by Gasteiger charge is -2.46. The van der Waals surface area contributed by atoms with Crippen molar-refractivity contribution in [2.45, 2.75) is 19.1 Å². The van der Waals surface area contributed by atoms with E-state index in [2.05, 4.69) is 15.1 Å². The van der Waals surface area contributed by atoms with E-state index >= 15 is 0 Å². The number of hydrogen-bond donors (Lipinski definition) is 0. The normalized spacial score (nSPS) is 17.0. The predicted molar refractivity (Wildman–Crippen MR) is 97.8 cm³/mol. The highest BCUT2D eigenvalue weighted by molar-refractivity contribution is 5.93. The van der Waals surface area contributed by atoms with Gasteiger partial charge in [0.1, 0.15) is 5.60 Å². The van der Waals surface area contributed by atoms with Crippen LogP contribution in [0.5, 0.6) is 0 Å². The Bertz CT molecular complexity index is 1020. The summed E-state index contributed by atoms with van der Waals surface area (Å²) in [6, 6.07) is 11.7. The van der Waals surface area contributed by atoms with Crippen LogP contribution in [0.3, 0.4) is 0 Å². The maximum atomic E-state index is 12.6. The van der Waals surface area contributed by atoms with E-state index in [0.29, 0.717) is 31.2 Å². The molecular weight excluding hydrogens is 342 g/mol. The van der Waals surface area contributed by atoms with Crippen molar-refractivity contribution in [3.63, 3.8) is 0 Å². The van der Waals surface area contributed by atoms with Gasteiger partial charge in [-0.05, 0) is 13.0 Å². The lowest BCUT2D eigenvalue weighted by Crippen LogP contribution is -2.61. The van der Waals surface area contributed by atoms with E-state index in [4.69, 9.17) is 4.74 Å². The third kappa shape index (κ3) is 2.46. The smallest absolute Gasteiger partial charge is 0.274 e. The average Bonchev–Trinajstić information content (AvgIpc) is 3.21. The van der Waals surface area contributed by atoms with Crippen molar-refractivity contribution in [2.24, 2.45) is 7.05 Å². The minimum atomic E-state index is -0.482. The van der Waals surface area contributed by atoms with Crippen LogP contribution in [-0.2, 0) is 24.0 Å². The van der Waals surface area contributed by atoms with E-state index < -0.39 is 5.60 Å². The Kier molecular flexibility index (Phi) is 3.42. The number of hydrogen-bond acceptors (Lipinski definition) is 5. The van der Waals surface area contributed by atoms with Crippen LogP contribution in [0, 0.1) is 6.92 Å². The number of aromatic nitrogens is 4. The van der Waals surface area contributed by atoms with E-state index in [0.717, 1.165) is 22.5 Å². The molecule has 7 nitrogen and oxygen atoms in total. The first-order chi connectivity index (χ1) is 13.1. The fourth-order valence-electron chi connectivity index (χ4n) is 3.72. The molecule has 0 saturated carbocycles. The molecule has 5 rings (SSSR count). The standard InChI is InChI=1S/C20H19N5O2/c1-13-8-16(23-24(13)2)19(26)25-11-20(12-25)15-9-21-18(22-17(15)10-27-20)14-6-4-3-5-7-14/h3-9H,10-12H2,1-2H3. The van der Waals surface area contributed by atoms with E-state index in [9.17, 15) is 4.79 Å². The molecule has 2 aliphatic rings. The van der Waals surface area contributed by atoms with E-state index in [-0.39, 0.29) is 5.91 Å². The number of carbonyl (C=O) groups is 1. The number of fused-ring (bicyclic) bond motifs is 2. The summed E-state index contributed by atoms with van der Waals surface area (Å²) >= 11 is 0. The Balaban J connectivity index is 1.37. The third-order valence-corrected chi connectivity index (χ3v) is 5.39. The van der Waals surface area contributed by atoms with Gasteiger partial charge in [0.25, 0.3) is 5.91 Å². The van der Waals surface area contributed by atoms with Crippen LogP contribution in [0.2, 0.25) is 0 Å². The van der Waals surface area contributed by atoms with Crippen LogP contribution in [0.4, 0.5) is 0 Å². The lowest BCUT2D eigenvalue weighted by molar-refractivity contribution is -0.126. The zero-order valence-electron chi connectivity index (χ0n) is 15.2. The van der Waals surface area contributed by atoms with Gasteiger partial charge < -0.3 is 9.64 Å². The van der Waals surface area contributed by atoms with Gasteiger partial charge in [0, 0.05) is 30.1 Å². The second kappa shape index (κ2) is 5.72. The van der Waals surface area contributed by atoms with Crippen molar-refractivity contribution in [3.05, 3.63) is 65.2 Å². The van der Waals surface area contributed by atoms with E-state index in [1.54, 1.807) is 9.58 Å². The fourth-order valence-corrected chi connectivity index (χ4v) is 3.72. The molecule has 4 heterocycles. The van der Waals surface area contributed by atoms with Gasteiger partial charge in [0.2, 0.25) is 0 Å². The molecule has 1 aromatic carbocycles. The highest BCUT2D eigenvalue weighted by Gasteiger charge is 2.53. The molecule has 0 radical (unpaired) electrons. The van der Waals surface area contributed by atoms with Crippen molar-refractivity contribution in [2.75, 3.05) is 13.1 Å². The largest absolute Gasteiger partial charge is 0.360 e. The van der Waals surface area contributed by atoms with Gasteiger partial charge in [-0.1, -0.05) is 30.3 Å². The third-order valence-electron chi connectivity index (χ3n) is 5.39. The molecule has 2 aromatic heterocycles. The number of carbonyl (C=O) groups excluding carboxylic acids is 1. The molecule has 1 amide bonds. The monoisotopic (exact) mass is 361 g/mol.